The molecular formula is C31H38FN5O3. The van der Waals surface area contributed by atoms with Crippen molar-refractivity contribution >= 4 is 28.5 Å². The Kier molecular flexibility index (Phi) is 8.03. The Morgan fingerprint density at radius 2 is 1.90 bits per heavy atom. The van der Waals surface area contributed by atoms with Gasteiger partial charge in [-0.25, -0.2) is 4.39 Å². The molecule has 4 heterocycles. The van der Waals surface area contributed by atoms with Crippen LogP contribution < -0.4 is 5.32 Å². The van der Waals surface area contributed by atoms with Crippen LogP contribution in [0.3, 0.4) is 0 Å². The number of likely N-dealkylation sites (tertiary alicyclic amines) is 1. The number of hydrogen-bond donors (Lipinski definition) is 1. The average molecular weight is 548 g/mol. The van der Waals surface area contributed by atoms with Crippen LogP contribution >= 0.6 is 0 Å². The summed E-state index contributed by atoms with van der Waals surface area (Å²) in [6, 6.07) is 5.88. The van der Waals surface area contributed by atoms with Crippen molar-refractivity contribution in [3.8, 4) is 5.69 Å². The minimum Gasteiger partial charge on any atom is -0.341 e. The predicted octanol–water partition coefficient (Wildman–Crippen LogP) is 4.52. The van der Waals surface area contributed by atoms with E-state index in [0.29, 0.717) is 54.9 Å². The number of fused-ring (bicyclic) bond motifs is 1. The van der Waals surface area contributed by atoms with E-state index in [9.17, 15) is 18.8 Å². The molecule has 2 amide bonds. The molecule has 5 rings (SSSR count). The summed E-state index contributed by atoms with van der Waals surface area (Å²) in [5.41, 5.74) is 2.74. The zero-order valence-electron chi connectivity index (χ0n) is 23.7. The normalized spacial score (nSPS) is 18.1. The van der Waals surface area contributed by atoms with Crippen LogP contribution in [0.15, 0.2) is 36.7 Å². The maximum Gasteiger partial charge on any atom is 0.256 e. The van der Waals surface area contributed by atoms with Crippen LogP contribution in [0.25, 0.3) is 16.6 Å². The molecule has 0 spiro atoms. The maximum atomic E-state index is 14.5. The molecule has 40 heavy (non-hydrogen) atoms. The smallest absolute Gasteiger partial charge is 0.256 e. The lowest BCUT2D eigenvalue weighted by molar-refractivity contribution is -0.134. The first-order valence-corrected chi connectivity index (χ1v) is 14.3. The molecule has 8 nitrogen and oxygen atoms in total. The summed E-state index contributed by atoms with van der Waals surface area (Å²) in [5.74, 6) is -0.801. The number of Topliss-reactive ketones (excluding diaryl/α,β-unsaturated/α-hetero) is 1. The number of hydrogen-bond acceptors (Lipinski definition) is 5. The van der Waals surface area contributed by atoms with Crippen LogP contribution in [-0.4, -0.2) is 75.2 Å². The molecule has 1 atom stereocenters. The minimum atomic E-state index is -0.496. The predicted molar refractivity (Wildman–Crippen MR) is 152 cm³/mol. The average Bonchev–Trinajstić information content (AvgIpc) is 3.59. The number of amides is 2. The molecule has 0 radical (unpaired) electrons. The molecule has 0 saturated carbocycles. The van der Waals surface area contributed by atoms with Crippen LogP contribution in [0, 0.1) is 18.7 Å². The van der Waals surface area contributed by atoms with Gasteiger partial charge in [-0.3, -0.25) is 19.4 Å². The Balaban J connectivity index is 1.50. The van der Waals surface area contributed by atoms with Crippen molar-refractivity contribution in [2.45, 2.75) is 65.5 Å². The summed E-state index contributed by atoms with van der Waals surface area (Å²) in [6.07, 6.45) is 6.44. The van der Waals surface area contributed by atoms with Gasteiger partial charge in [0.1, 0.15) is 5.82 Å². The fourth-order valence-corrected chi connectivity index (χ4v) is 6.34. The van der Waals surface area contributed by atoms with E-state index in [1.54, 1.807) is 23.4 Å². The van der Waals surface area contributed by atoms with Gasteiger partial charge in [0.15, 0.2) is 5.78 Å². The van der Waals surface area contributed by atoms with Crippen LogP contribution in [0.5, 0.6) is 0 Å². The second kappa shape index (κ2) is 11.5. The van der Waals surface area contributed by atoms with E-state index < -0.39 is 5.82 Å². The van der Waals surface area contributed by atoms with Gasteiger partial charge < -0.3 is 19.7 Å². The highest BCUT2D eigenvalue weighted by Gasteiger charge is 2.34. The van der Waals surface area contributed by atoms with Crippen LogP contribution in [0.1, 0.15) is 72.9 Å². The van der Waals surface area contributed by atoms with Crippen LogP contribution in [0.4, 0.5) is 4.39 Å². The molecule has 0 bridgehead atoms. The van der Waals surface area contributed by atoms with Crippen molar-refractivity contribution in [2.24, 2.45) is 5.92 Å². The number of aromatic nitrogens is 2. The third-order valence-electron chi connectivity index (χ3n) is 8.44. The van der Waals surface area contributed by atoms with Gasteiger partial charge in [0, 0.05) is 54.4 Å². The first-order chi connectivity index (χ1) is 19.2. The second-order valence-corrected chi connectivity index (χ2v) is 11.1. The number of ketones is 1. The molecule has 2 aliphatic heterocycles. The van der Waals surface area contributed by atoms with Gasteiger partial charge in [-0.05, 0) is 84.2 Å². The van der Waals surface area contributed by atoms with Gasteiger partial charge in [0.2, 0.25) is 5.91 Å². The highest BCUT2D eigenvalue weighted by Crippen LogP contribution is 2.34. The van der Waals surface area contributed by atoms with Gasteiger partial charge in [0.25, 0.3) is 5.91 Å². The Hall–Kier alpha value is -3.59. The molecular weight excluding hydrogens is 509 g/mol. The summed E-state index contributed by atoms with van der Waals surface area (Å²) < 4.78 is 16.4. The topological polar surface area (TPSA) is 87.5 Å². The number of rotatable bonds is 7. The number of nitrogens with zero attached hydrogens (tertiary/aromatic N) is 4. The zero-order valence-corrected chi connectivity index (χ0v) is 23.7. The van der Waals surface area contributed by atoms with E-state index in [1.807, 2.05) is 43.2 Å². The first-order valence-electron chi connectivity index (χ1n) is 14.3. The number of pyridine rings is 1. The molecule has 0 aliphatic carbocycles. The molecule has 212 valence electrons. The number of nitrogens with one attached hydrogen (secondary N) is 1. The fraction of sp³-hybridized carbons (Fsp3) is 0.484. The molecule has 3 aromatic rings. The van der Waals surface area contributed by atoms with E-state index >= 15 is 0 Å². The fourth-order valence-electron chi connectivity index (χ4n) is 6.34. The number of halogens is 1. The zero-order chi connectivity index (χ0) is 28.6. The lowest BCUT2D eigenvalue weighted by Crippen LogP contribution is -2.47. The Morgan fingerprint density at radius 3 is 2.55 bits per heavy atom. The van der Waals surface area contributed by atoms with Crippen molar-refractivity contribution in [2.75, 3.05) is 26.2 Å². The standard InChI is InChI=1S/C31H38FN5O3/c1-5-36(19(2)3)30(39)24-17-22(32)8-9-26(24)37-20(4)28(23-10-14-33-18-27(23)37)29(38)21-11-15-35(16-12-21)31(40)25-7-6-13-34-25/h8-10,14,17-19,21,25,34H,5-7,11-13,15-16H2,1-4H3/t25-/m0/s1. The van der Waals surface area contributed by atoms with Crippen LogP contribution in [0.2, 0.25) is 0 Å². The third kappa shape index (κ3) is 5.03. The van der Waals surface area contributed by atoms with Gasteiger partial charge in [-0.1, -0.05) is 0 Å². The van der Waals surface area contributed by atoms with Gasteiger partial charge in [-0.15, -0.1) is 0 Å². The number of benzene rings is 1. The summed E-state index contributed by atoms with van der Waals surface area (Å²) in [5, 5.41) is 4.03. The number of carbonyl (C=O) groups is 3. The molecule has 1 aromatic carbocycles. The highest BCUT2D eigenvalue weighted by molar-refractivity contribution is 6.11. The van der Waals surface area contributed by atoms with E-state index in [-0.39, 0.29) is 41.2 Å². The van der Waals surface area contributed by atoms with Gasteiger partial charge in [-0.2, -0.15) is 0 Å². The van der Waals surface area contributed by atoms with Crippen molar-refractivity contribution < 1.29 is 18.8 Å². The van der Waals surface area contributed by atoms with E-state index in [4.69, 9.17) is 0 Å². The Labute approximate surface area is 234 Å². The largest absolute Gasteiger partial charge is 0.341 e. The molecule has 0 unspecified atom stereocenters. The SMILES string of the molecule is CCN(C(=O)c1cc(F)ccc1-n1c(C)c(C(=O)C2CCN(C(=O)[C@@H]3CCCN3)CC2)c2ccncc21)C(C)C. The molecule has 2 aliphatic rings. The highest BCUT2D eigenvalue weighted by atomic mass is 19.1. The lowest BCUT2D eigenvalue weighted by atomic mass is 9.87. The molecule has 2 fully saturated rings. The van der Waals surface area contributed by atoms with E-state index in [1.165, 1.54) is 12.1 Å². The lowest BCUT2D eigenvalue weighted by Gasteiger charge is -2.33. The monoisotopic (exact) mass is 547 g/mol. The van der Waals surface area contributed by atoms with Crippen molar-refractivity contribution in [3.63, 3.8) is 0 Å². The Morgan fingerprint density at radius 1 is 1.15 bits per heavy atom. The van der Waals surface area contributed by atoms with E-state index in [0.717, 1.165) is 24.8 Å². The van der Waals surface area contributed by atoms with Crippen LogP contribution in [-0.2, 0) is 4.79 Å². The first kappa shape index (κ1) is 28.0. The summed E-state index contributed by atoms with van der Waals surface area (Å²) in [4.78, 5) is 48.4. The molecule has 2 aromatic heterocycles. The summed E-state index contributed by atoms with van der Waals surface area (Å²) in [6.45, 7) is 10.1. The van der Waals surface area contributed by atoms with Gasteiger partial charge in [0.05, 0.1) is 29.0 Å². The van der Waals surface area contributed by atoms with Crippen molar-refractivity contribution in [1.82, 2.24) is 24.7 Å². The molecule has 1 N–H and O–H groups in total. The second-order valence-electron chi connectivity index (χ2n) is 11.1. The minimum absolute atomic E-state index is 0.0332. The maximum absolute atomic E-state index is 14.5. The van der Waals surface area contributed by atoms with Crippen molar-refractivity contribution in [1.29, 1.82) is 0 Å². The number of piperidine rings is 1. The molecule has 2 saturated heterocycles. The Bertz CT molecular complexity index is 1430. The van der Waals surface area contributed by atoms with Gasteiger partial charge >= 0.3 is 0 Å². The molecule has 9 heteroatoms. The van der Waals surface area contributed by atoms with Crippen molar-refractivity contribution in [3.05, 3.63) is 59.3 Å². The summed E-state index contributed by atoms with van der Waals surface area (Å²) in [7, 11) is 0. The van der Waals surface area contributed by atoms with E-state index in [2.05, 4.69) is 10.3 Å². The third-order valence-corrected chi connectivity index (χ3v) is 8.44. The quantitative estimate of drug-likeness (QED) is 0.440. The number of carbonyl (C=O) groups excluding carboxylic acids is 3. The summed E-state index contributed by atoms with van der Waals surface area (Å²) >= 11 is 0.